The Morgan fingerprint density at radius 3 is 0.900 bits per heavy atom. The normalized spacial score (nSPS) is 14.5. The van der Waals surface area contributed by atoms with Crippen molar-refractivity contribution in [3.63, 3.8) is 0 Å². The molecule has 12 aromatic carbocycles. The van der Waals surface area contributed by atoms with Gasteiger partial charge in [0.25, 0.3) is 0 Å². The van der Waals surface area contributed by atoms with Crippen LogP contribution in [0, 0.1) is 95.5 Å². The lowest BCUT2D eigenvalue weighted by molar-refractivity contribution is -0.667. The molecule has 0 spiro atoms. The fourth-order valence-corrected chi connectivity index (χ4v) is 25.5. The van der Waals surface area contributed by atoms with E-state index in [4.69, 9.17) is 71.4 Å². The number of rotatable bonds is 12. The molecular formula is C125H122N8O4Si3+4. The summed E-state index contributed by atoms with van der Waals surface area (Å²) in [5.74, 6) is 0.578. The molecule has 21 rings (SSSR count). The van der Waals surface area contributed by atoms with Crippen LogP contribution in [0.2, 0.25) is 58.9 Å². The molecule has 0 amide bonds. The predicted octanol–water partition coefficient (Wildman–Crippen LogP) is 31.9. The molecule has 0 saturated heterocycles. The van der Waals surface area contributed by atoms with Crippen molar-refractivity contribution in [1.82, 2.24) is 0 Å². The minimum Gasteiger partial charge on any atom is -0.456 e. The van der Waals surface area contributed by atoms with Gasteiger partial charge in [0.05, 0.1) is 100 Å². The predicted molar refractivity (Wildman–Crippen MR) is 590 cm³/mol. The number of fused-ring (bicyclic) bond motifs is 12. The van der Waals surface area contributed by atoms with Crippen LogP contribution in [0.3, 0.4) is 0 Å². The Morgan fingerprint density at radius 2 is 0.579 bits per heavy atom. The first-order chi connectivity index (χ1) is 75.3. The molecule has 8 aromatic heterocycles. The maximum atomic E-state index is 8.62. The molecule has 12 nitrogen and oxygen atoms in total. The topological polar surface area (TPSA) is 85.5 Å². The standard InChI is InChI=1S/C34H33N2O.C31H31N2OSi.2C30H29N2OSi/c1-21-16-17-26-27-18-19-28(35-4)32(25-14-10-7-11-15-25)34(27)37-33(26)31(21)29-20-22(2)30(23(3)36(29)5)24-12-8-6-9-13-24;1-19-14-15-23-24-16-17-25(32-4)29(22-12-10-9-11-13-22)31(24)34-30(23)28(19)26-18-27(35(6,7)8)20(2)21(3)33(26)5;1-19-13-14-23-24-15-16-25(31-3)28(21-11-9-8-10-12-21)30(24)33-29(23)27(19)26-18-22(34(5,6)7)17-20(2)32(26)4;1-19-13-14-22-23-15-16-24(31-3)28(21-11-9-8-10-12-21)30(23)33-29(22)27(19)25-17-18-26(34(5,6)7)20(2)32(25)4/h7,10-11,14-20,24H,6,8-9,12-13H2,1-3,5H3;9-18H,1-3,5-8H3;2*8-18H,1-2,4-7H3/q4*+1/i7D,10D,11D,14D,15D;9D,10D,11D,12D,13D;2*8D,9D,10D,11D,12D. The van der Waals surface area contributed by atoms with Crippen molar-refractivity contribution in [1.29, 1.82) is 0 Å². The Balaban J connectivity index is 0.000000137. The maximum Gasteiger partial charge on any atom is 0.216 e. The molecule has 1 saturated carbocycles. The summed E-state index contributed by atoms with van der Waals surface area (Å²) in [6, 6.07) is 35.1. The fourth-order valence-electron chi connectivity index (χ4n) is 20.6. The van der Waals surface area contributed by atoms with Crippen LogP contribution in [-0.2, 0) is 28.2 Å². The summed E-state index contributed by atoms with van der Waals surface area (Å²) in [6.45, 7) is 73.4. The van der Waals surface area contributed by atoms with Crippen molar-refractivity contribution in [2.75, 3.05) is 0 Å². The third-order valence-electron chi connectivity index (χ3n) is 28.3. The number of aromatic nitrogens is 4. The van der Waals surface area contributed by atoms with Gasteiger partial charge in [-0.05, 0) is 121 Å². The van der Waals surface area contributed by atoms with E-state index < -0.39 is 96.7 Å². The van der Waals surface area contributed by atoms with Crippen LogP contribution in [0.5, 0.6) is 0 Å². The van der Waals surface area contributed by atoms with E-state index in [2.05, 4.69) is 221 Å². The average Bonchev–Trinajstić information content (AvgIpc) is 1.59. The molecule has 0 radical (unpaired) electrons. The Kier molecular flexibility index (Phi) is 19.8. The largest absolute Gasteiger partial charge is 0.456 e. The molecule has 15 heteroatoms. The second-order valence-corrected chi connectivity index (χ2v) is 55.1. The summed E-state index contributed by atoms with van der Waals surface area (Å²) >= 11 is 0. The zero-order chi connectivity index (χ0) is 117. The van der Waals surface area contributed by atoms with E-state index in [0.29, 0.717) is 50.6 Å². The third kappa shape index (κ3) is 17.0. The van der Waals surface area contributed by atoms with Crippen LogP contribution in [0.4, 0.5) is 22.7 Å². The minimum atomic E-state index is -1.68. The maximum absolute atomic E-state index is 8.62. The van der Waals surface area contributed by atoms with E-state index in [1.165, 1.54) is 81.4 Å². The zero-order valence-corrected chi connectivity index (χ0v) is 86.5. The fraction of sp³-hybridized carbons (Fsp3) is 0.232. The second kappa shape index (κ2) is 37.8. The number of furan rings is 4. The van der Waals surface area contributed by atoms with Gasteiger partial charge in [0, 0.05) is 140 Å². The second-order valence-electron chi connectivity index (χ2n) is 39.9. The number of benzene rings is 12. The van der Waals surface area contributed by atoms with Crippen LogP contribution in [0.1, 0.15) is 127 Å². The first-order valence-corrected chi connectivity index (χ1v) is 57.6. The van der Waals surface area contributed by atoms with Crippen molar-refractivity contribution in [3.05, 3.63) is 362 Å². The van der Waals surface area contributed by atoms with Crippen LogP contribution < -0.4 is 33.8 Å². The highest BCUT2D eigenvalue weighted by Gasteiger charge is 2.36. The number of hydrogen-bond donors (Lipinski definition) is 0. The molecule has 1 aliphatic rings. The molecule has 0 atom stereocenters. The highest BCUT2D eigenvalue weighted by atomic mass is 28.3. The highest BCUT2D eigenvalue weighted by Crippen LogP contribution is 2.51. The van der Waals surface area contributed by atoms with E-state index >= 15 is 0 Å². The number of nitrogens with zero attached hydrogens (tertiary/aromatic N) is 8. The van der Waals surface area contributed by atoms with E-state index in [1.807, 2.05) is 82.4 Å². The summed E-state index contributed by atoms with van der Waals surface area (Å²) < 4.78 is 202. The SMILES string of the molecule is [2H]c1c([2H])c([2H])c(-c2c([N+]#[C-])ccc3c2oc2c(-c4cc(C)c(C5CCCCC5)c(C)[n+]4C)c(C)ccc23)c([2H])c1[2H].[2H]c1c([2H])c([2H])c(-c2c([N+]#[C-])ccc3c2oc2c(-c4cc([Si](C)(C)C)c(C)c(C)[n+]4C)c(C)ccc23)c([2H])c1[2H].[2H]c1c([2H])c([2H])c(-c2c([N+]#[C-])ccc3c2oc2c(-c4cc([Si](C)(C)C)cc(C)[n+]4C)c(C)ccc23)c([2H])c1[2H].[2H]c1c([2H])c([2H])c(-c2c([N+]#[C-])ccc3c2oc2c(-c4ccc([Si](C)(C)C)c(C)[n+]4C)c(C)ccc23)c([2H])c1[2H]. The molecule has 0 unspecified atom stereocenters. The Bertz CT molecular complexity index is 9850. The van der Waals surface area contributed by atoms with Crippen LogP contribution >= 0.6 is 0 Å². The highest BCUT2D eigenvalue weighted by molar-refractivity contribution is 6.90. The van der Waals surface area contributed by atoms with Gasteiger partial charge in [-0.25, -0.2) is 19.4 Å². The Morgan fingerprint density at radius 1 is 0.286 bits per heavy atom. The zero-order valence-electron chi connectivity index (χ0n) is 104. The van der Waals surface area contributed by atoms with E-state index in [9.17, 15) is 0 Å². The van der Waals surface area contributed by atoms with Gasteiger partial charge < -0.3 is 17.7 Å². The van der Waals surface area contributed by atoms with Gasteiger partial charge in [0.1, 0.15) is 72.9 Å². The van der Waals surface area contributed by atoms with Crippen molar-refractivity contribution < 1.29 is 63.4 Å². The van der Waals surface area contributed by atoms with E-state index in [-0.39, 0.29) is 116 Å². The lowest BCUT2D eigenvalue weighted by Crippen LogP contribution is -2.49. The van der Waals surface area contributed by atoms with Crippen LogP contribution in [0.25, 0.3) is 197 Å². The van der Waals surface area contributed by atoms with Gasteiger partial charge in [-0.3, -0.25) is 0 Å². The summed E-state index contributed by atoms with van der Waals surface area (Å²) in [4.78, 5) is 14.6. The Labute approximate surface area is 854 Å². The number of pyridine rings is 4. The lowest BCUT2D eigenvalue weighted by Gasteiger charge is -2.24. The van der Waals surface area contributed by atoms with E-state index in [1.54, 1.807) is 24.3 Å². The summed E-state index contributed by atoms with van der Waals surface area (Å²) in [5, 5.41) is 10.4. The van der Waals surface area contributed by atoms with Gasteiger partial charge in [-0.2, -0.15) is 18.3 Å². The summed E-state index contributed by atoms with van der Waals surface area (Å²) in [6.07, 6.45) is 6.31. The molecule has 694 valence electrons. The summed E-state index contributed by atoms with van der Waals surface area (Å²) in [5.41, 5.74) is 26.1. The first-order valence-electron chi connectivity index (χ1n) is 57.1. The van der Waals surface area contributed by atoms with E-state index in [0.717, 1.165) is 116 Å². The van der Waals surface area contributed by atoms with Gasteiger partial charge >= 0.3 is 0 Å². The van der Waals surface area contributed by atoms with Crippen molar-refractivity contribution in [2.24, 2.45) is 28.2 Å². The molecule has 0 bridgehead atoms. The van der Waals surface area contributed by atoms with Gasteiger partial charge in [0.2, 0.25) is 22.8 Å². The lowest BCUT2D eigenvalue weighted by atomic mass is 9.81. The van der Waals surface area contributed by atoms with Gasteiger partial charge in [0.15, 0.2) is 45.5 Å². The van der Waals surface area contributed by atoms with Crippen molar-refractivity contribution in [3.8, 4) is 89.5 Å². The molecule has 0 N–H and O–H groups in total. The molecule has 140 heavy (non-hydrogen) atoms. The van der Waals surface area contributed by atoms with Crippen molar-refractivity contribution >= 4 is 150 Å². The van der Waals surface area contributed by atoms with Crippen LogP contribution in [0.15, 0.2) is 272 Å². The Hall–Kier alpha value is -14.9. The molecular weight excluding hydrogens is 1760 g/mol. The summed E-state index contributed by atoms with van der Waals surface area (Å²) in [7, 11) is 3.39. The van der Waals surface area contributed by atoms with Crippen molar-refractivity contribution in [2.45, 2.75) is 166 Å². The smallest absolute Gasteiger partial charge is 0.216 e. The molecule has 1 fully saturated rings. The van der Waals surface area contributed by atoms with Gasteiger partial charge in [-0.15, -0.1) is 0 Å². The minimum absolute atomic E-state index is 0.0241. The quantitative estimate of drug-likeness (QED) is 0.0693. The van der Waals surface area contributed by atoms with Crippen LogP contribution in [-0.4, -0.2) is 24.2 Å². The number of aryl methyl sites for hydroxylation is 6. The molecule has 8 heterocycles. The monoisotopic (exact) mass is 1900 g/mol. The third-order valence-corrected chi connectivity index (χ3v) is 34.6. The van der Waals surface area contributed by atoms with Gasteiger partial charge in [-0.1, -0.05) is 302 Å². The average molecular weight is 1900 g/mol. The number of hydrogen-bond acceptors (Lipinski definition) is 4. The molecule has 0 aliphatic heterocycles. The first kappa shape index (κ1) is 73.3. The molecule has 1 aliphatic carbocycles. The molecule has 20 aromatic rings.